The van der Waals surface area contributed by atoms with Crippen LogP contribution in [0.3, 0.4) is 0 Å². The summed E-state index contributed by atoms with van der Waals surface area (Å²) >= 11 is 0. The van der Waals surface area contributed by atoms with Crippen LogP contribution in [0.1, 0.15) is 38.3 Å². The van der Waals surface area contributed by atoms with Crippen molar-refractivity contribution < 1.29 is 32.2 Å². The van der Waals surface area contributed by atoms with E-state index >= 15 is 0 Å². The third kappa shape index (κ3) is 6.89. The first-order valence-electron chi connectivity index (χ1n) is 10.3. The Hall–Kier alpha value is -3.24. The van der Waals surface area contributed by atoms with Gasteiger partial charge in [0.2, 0.25) is 0 Å². The van der Waals surface area contributed by atoms with Crippen LogP contribution in [0.2, 0.25) is 0 Å². The molecule has 1 aliphatic carbocycles. The molecule has 2 amide bonds. The number of hydrogen-bond donors (Lipinski definition) is 2. The lowest BCUT2D eigenvalue weighted by Crippen LogP contribution is -2.41. The van der Waals surface area contributed by atoms with Crippen molar-refractivity contribution in [2.24, 2.45) is 0 Å². The van der Waals surface area contributed by atoms with Gasteiger partial charge in [0.1, 0.15) is 17.6 Å². The number of nitrogens with one attached hydrogen (secondary N) is 2. The second-order valence-corrected chi connectivity index (χ2v) is 7.28. The predicted octanol–water partition coefficient (Wildman–Crippen LogP) is 4.46. The highest BCUT2D eigenvalue weighted by Crippen LogP contribution is 2.32. The SMILES string of the molecule is CCc1ccnc(OC2CCC(NC(=O)Nc3cc(OC(F)(F)F)ccc3OC)CC2)n1. The van der Waals surface area contributed by atoms with Gasteiger partial charge in [0.25, 0.3) is 0 Å². The molecule has 0 atom stereocenters. The van der Waals surface area contributed by atoms with Crippen molar-refractivity contribution in [1.82, 2.24) is 15.3 Å². The fourth-order valence-corrected chi connectivity index (χ4v) is 3.43. The maximum atomic E-state index is 12.5. The van der Waals surface area contributed by atoms with Crippen molar-refractivity contribution in [3.8, 4) is 17.5 Å². The molecule has 1 aliphatic rings. The van der Waals surface area contributed by atoms with Gasteiger partial charge in [-0.15, -0.1) is 13.2 Å². The van der Waals surface area contributed by atoms with Gasteiger partial charge in [0.15, 0.2) is 0 Å². The van der Waals surface area contributed by atoms with Crippen molar-refractivity contribution in [2.45, 2.75) is 57.5 Å². The zero-order chi connectivity index (χ0) is 23.1. The molecule has 0 saturated heterocycles. The van der Waals surface area contributed by atoms with Gasteiger partial charge < -0.3 is 24.8 Å². The number of rotatable bonds is 7. The first-order chi connectivity index (χ1) is 15.3. The average molecular weight is 454 g/mol. The first kappa shape index (κ1) is 23.4. The van der Waals surface area contributed by atoms with E-state index in [0.717, 1.165) is 24.2 Å². The minimum absolute atomic E-state index is 0.0421. The van der Waals surface area contributed by atoms with Crippen LogP contribution in [-0.4, -0.2) is 41.6 Å². The number of methoxy groups -OCH3 is 1. The highest BCUT2D eigenvalue weighted by molar-refractivity contribution is 5.91. The quantitative estimate of drug-likeness (QED) is 0.642. The van der Waals surface area contributed by atoms with Gasteiger partial charge in [-0.3, -0.25) is 0 Å². The lowest BCUT2D eigenvalue weighted by atomic mass is 9.93. The van der Waals surface area contributed by atoms with Crippen LogP contribution in [0.15, 0.2) is 30.5 Å². The van der Waals surface area contributed by atoms with E-state index in [4.69, 9.17) is 9.47 Å². The molecule has 174 valence electrons. The standard InChI is InChI=1S/C21H25F3N4O4/c1-3-13-10-11-25-20(27-13)31-15-6-4-14(5-7-15)26-19(29)28-17-12-16(32-21(22,23)24)8-9-18(17)30-2/h8-12,14-15H,3-7H2,1-2H3,(H2,26,28,29). The van der Waals surface area contributed by atoms with E-state index in [-0.39, 0.29) is 23.6 Å². The highest BCUT2D eigenvalue weighted by Gasteiger charge is 2.31. The van der Waals surface area contributed by atoms with Gasteiger partial charge in [-0.1, -0.05) is 6.92 Å². The number of benzene rings is 1. The molecule has 0 radical (unpaired) electrons. The normalized spacial score (nSPS) is 18.5. The Kier molecular flexibility index (Phi) is 7.60. The Morgan fingerprint density at radius 3 is 2.59 bits per heavy atom. The maximum Gasteiger partial charge on any atom is 0.573 e. The zero-order valence-corrected chi connectivity index (χ0v) is 17.7. The van der Waals surface area contributed by atoms with Crippen molar-refractivity contribution in [2.75, 3.05) is 12.4 Å². The molecule has 11 heteroatoms. The number of carbonyl (C=O) groups is 1. The van der Waals surface area contributed by atoms with Crippen molar-refractivity contribution in [3.63, 3.8) is 0 Å². The largest absolute Gasteiger partial charge is 0.573 e. The van der Waals surface area contributed by atoms with Gasteiger partial charge in [-0.25, -0.2) is 14.8 Å². The molecule has 1 fully saturated rings. The number of ether oxygens (including phenoxy) is 3. The Labute approximate surface area is 183 Å². The Morgan fingerprint density at radius 1 is 1.19 bits per heavy atom. The smallest absolute Gasteiger partial charge is 0.495 e. The van der Waals surface area contributed by atoms with E-state index in [2.05, 4.69) is 25.3 Å². The number of aromatic nitrogens is 2. The van der Waals surface area contributed by atoms with E-state index in [1.54, 1.807) is 6.20 Å². The number of nitrogens with zero attached hydrogens (tertiary/aromatic N) is 2. The molecular formula is C21H25F3N4O4. The van der Waals surface area contributed by atoms with Crippen LogP contribution in [0.4, 0.5) is 23.7 Å². The highest BCUT2D eigenvalue weighted by atomic mass is 19.4. The third-order valence-corrected chi connectivity index (χ3v) is 4.99. The molecule has 0 spiro atoms. The summed E-state index contributed by atoms with van der Waals surface area (Å²) in [5, 5.41) is 5.36. The van der Waals surface area contributed by atoms with Crippen LogP contribution < -0.4 is 24.8 Å². The number of anilines is 1. The van der Waals surface area contributed by atoms with E-state index < -0.39 is 18.1 Å². The number of amides is 2. The maximum absolute atomic E-state index is 12.5. The Balaban J connectivity index is 1.51. The minimum Gasteiger partial charge on any atom is -0.495 e. The second kappa shape index (κ2) is 10.4. The van der Waals surface area contributed by atoms with Gasteiger partial charge in [-0.2, -0.15) is 0 Å². The van der Waals surface area contributed by atoms with Gasteiger partial charge in [0, 0.05) is 24.0 Å². The van der Waals surface area contributed by atoms with Crippen LogP contribution >= 0.6 is 0 Å². The van der Waals surface area contributed by atoms with Gasteiger partial charge in [-0.05, 0) is 50.3 Å². The fraction of sp³-hybridized carbons (Fsp3) is 0.476. The molecule has 2 N–H and O–H groups in total. The summed E-state index contributed by atoms with van der Waals surface area (Å²) in [4.78, 5) is 20.9. The summed E-state index contributed by atoms with van der Waals surface area (Å²) < 4.78 is 52.2. The van der Waals surface area contributed by atoms with Crippen molar-refractivity contribution in [3.05, 3.63) is 36.2 Å². The molecular weight excluding hydrogens is 429 g/mol. The molecule has 0 unspecified atom stereocenters. The summed E-state index contributed by atoms with van der Waals surface area (Å²) in [7, 11) is 1.35. The molecule has 1 saturated carbocycles. The van der Waals surface area contributed by atoms with E-state index in [0.29, 0.717) is 31.7 Å². The molecule has 3 rings (SSSR count). The van der Waals surface area contributed by atoms with Gasteiger partial charge in [0.05, 0.1) is 12.8 Å². The number of urea groups is 1. The fourth-order valence-electron chi connectivity index (χ4n) is 3.43. The molecule has 0 bridgehead atoms. The summed E-state index contributed by atoms with van der Waals surface area (Å²) in [6.45, 7) is 2.00. The molecule has 0 aliphatic heterocycles. The van der Waals surface area contributed by atoms with E-state index in [1.807, 2.05) is 13.0 Å². The number of halogens is 3. The lowest BCUT2D eigenvalue weighted by Gasteiger charge is -2.29. The Bertz CT molecular complexity index is 918. The average Bonchev–Trinajstić information content (AvgIpc) is 2.74. The van der Waals surface area contributed by atoms with Crippen molar-refractivity contribution >= 4 is 11.7 Å². The molecule has 1 aromatic heterocycles. The lowest BCUT2D eigenvalue weighted by molar-refractivity contribution is -0.274. The molecule has 1 heterocycles. The monoisotopic (exact) mass is 454 g/mol. The van der Waals surface area contributed by atoms with E-state index in [1.165, 1.54) is 13.2 Å². The minimum atomic E-state index is -4.84. The summed E-state index contributed by atoms with van der Waals surface area (Å²) in [5.74, 6) is -0.248. The van der Waals surface area contributed by atoms with Crippen molar-refractivity contribution in [1.29, 1.82) is 0 Å². The molecule has 8 nitrogen and oxygen atoms in total. The van der Waals surface area contributed by atoms with E-state index in [9.17, 15) is 18.0 Å². The summed E-state index contributed by atoms with van der Waals surface area (Å²) in [5.41, 5.74) is 0.971. The molecule has 32 heavy (non-hydrogen) atoms. The number of carbonyl (C=O) groups excluding carboxylic acids is 1. The third-order valence-electron chi connectivity index (χ3n) is 4.99. The molecule has 1 aromatic carbocycles. The topological polar surface area (TPSA) is 94.6 Å². The van der Waals surface area contributed by atoms with Crippen LogP contribution in [-0.2, 0) is 6.42 Å². The summed E-state index contributed by atoms with van der Waals surface area (Å²) in [6.07, 6.45) is 0.366. The number of aryl methyl sites for hydroxylation is 1. The predicted molar refractivity (Wildman–Crippen MR) is 110 cm³/mol. The Morgan fingerprint density at radius 2 is 1.94 bits per heavy atom. The van der Waals surface area contributed by atoms with Crippen LogP contribution in [0.25, 0.3) is 0 Å². The first-order valence-corrected chi connectivity index (χ1v) is 10.3. The van der Waals surface area contributed by atoms with Crippen LogP contribution in [0, 0.1) is 0 Å². The second-order valence-electron chi connectivity index (χ2n) is 7.28. The zero-order valence-electron chi connectivity index (χ0n) is 17.7. The number of hydrogen-bond acceptors (Lipinski definition) is 6. The summed E-state index contributed by atoms with van der Waals surface area (Å²) in [6, 6.07) is 5.00. The van der Waals surface area contributed by atoms with Gasteiger partial charge >= 0.3 is 18.4 Å². The molecule has 2 aromatic rings. The van der Waals surface area contributed by atoms with Crippen LogP contribution in [0.5, 0.6) is 17.5 Å². The number of alkyl halides is 3.